The minimum Gasteiger partial charge on any atom is -0.350 e. The Labute approximate surface area is 169 Å². The van der Waals surface area contributed by atoms with Gasteiger partial charge in [-0.05, 0) is 31.5 Å². The SMILES string of the molecule is Cc1ccc(-n2c(=O)[nH]c3nc(NCc4ccc(F)cc4F)ncc3c2=O)c(C)c1. The van der Waals surface area contributed by atoms with Gasteiger partial charge in [0.05, 0.1) is 5.69 Å². The summed E-state index contributed by atoms with van der Waals surface area (Å²) in [5.41, 5.74) is 1.37. The van der Waals surface area contributed by atoms with Gasteiger partial charge in [-0.25, -0.2) is 23.1 Å². The molecule has 0 radical (unpaired) electrons. The van der Waals surface area contributed by atoms with Crippen LogP contribution in [0.15, 0.2) is 52.2 Å². The molecule has 0 amide bonds. The van der Waals surface area contributed by atoms with Crippen molar-refractivity contribution in [1.29, 1.82) is 0 Å². The number of benzene rings is 2. The first-order valence-corrected chi connectivity index (χ1v) is 9.11. The fraction of sp³-hybridized carbons (Fsp3) is 0.143. The van der Waals surface area contributed by atoms with Gasteiger partial charge in [0.2, 0.25) is 5.95 Å². The highest BCUT2D eigenvalue weighted by Crippen LogP contribution is 2.14. The molecule has 4 aromatic rings. The molecule has 0 atom stereocenters. The molecule has 7 nitrogen and oxygen atoms in total. The van der Waals surface area contributed by atoms with E-state index in [0.717, 1.165) is 27.8 Å². The standard InChI is InChI=1S/C21H17F2N5O2/c1-11-3-6-17(12(2)7-11)28-19(29)15-10-25-20(26-18(15)27-21(28)30)24-9-13-4-5-14(22)8-16(13)23/h3-8,10H,9H2,1-2H3,(H2,24,25,26,27,30). The monoisotopic (exact) mass is 409 g/mol. The lowest BCUT2D eigenvalue weighted by Crippen LogP contribution is -2.34. The van der Waals surface area contributed by atoms with Crippen molar-refractivity contribution >= 4 is 17.0 Å². The Bertz CT molecular complexity index is 1390. The zero-order valence-electron chi connectivity index (χ0n) is 16.2. The molecule has 152 valence electrons. The van der Waals surface area contributed by atoms with Gasteiger partial charge in [0, 0.05) is 24.4 Å². The van der Waals surface area contributed by atoms with Gasteiger partial charge in [-0.1, -0.05) is 23.8 Å². The second-order valence-electron chi connectivity index (χ2n) is 6.91. The van der Waals surface area contributed by atoms with Crippen LogP contribution in [0.4, 0.5) is 14.7 Å². The van der Waals surface area contributed by atoms with Crippen molar-refractivity contribution in [1.82, 2.24) is 19.5 Å². The van der Waals surface area contributed by atoms with Crippen LogP contribution in [-0.2, 0) is 6.54 Å². The number of halogens is 2. The lowest BCUT2D eigenvalue weighted by Gasteiger charge is -2.10. The summed E-state index contributed by atoms with van der Waals surface area (Å²) in [5.74, 6) is -1.28. The van der Waals surface area contributed by atoms with Crippen LogP contribution in [0.5, 0.6) is 0 Å². The predicted molar refractivity (Wildman–Crippen MR) is 109 cm³/mol. The summed E-state index contributed by atoms with van der Waals surface area (Å²) in [7, 11) is 0. The van der Waals surface area contributed by atoms with E-state index in [4.69, 9.17) is 0 Å². The van der Waals surface area contributed by atoms with E-state index in [2.05, 4.69) is 20.3 Å². The Balaban J connectivity index is 1.71. The second kappa shape index (κ2) is 7.51. The van der Waals surface area contributed by atoms with Crippen LogP contribution in [0.1, 0.15) is 16.7 Å². The van der Waals surface area contributed by atoms with E-state index < -0.39 is 22.9 Å². The summed E-state index contributed by atoms with van der Waals surface area (Å²) in [6.07, 6.45) is 1.30. The van der Waals surface area contributed by atoms with Crippen molar-refractivity contribution in [2.75, 3.05) is 5.32 Å². The van der Waals surface area contributed by atoms with Crippen LogP contribution in [0.3, 0.4) is 0 Å². The minimum atomic E-state index is -0.701. The van der Waals surface area contributed by atoms with Gasteiger partial charge < -0.3 is 5.32 Å². The fourth-order valence-electron chi connectivity index (χ4n) is 3.20. The van der Waals surface area contributed by atoms with E-state index in [1.165, 1.54) is 12.3 Å². The molecule has 0 bridgehead atoms. The lowest BCUT2D eigenvalue weighted by atomic mass is 10.1. The molecule has 0 aliphatic heterocycles. The quantitative estimate of drug-likeness (QED) is 0.541. The minimum absolute atomic E-state index is 0.00147. The normalized spacial score (nSPS) is 11.1. The van der Waals surface area contributed by atoms with E-state index >= 15 is 0 Å². The second-order valence-corrected chi connectivity index (χ2v) is 6.91. The highest BCUT2D eigenvalue weighted by atomic mass is 19.1. The summed E-state index contributed by atoms with van der Waals surface area (Å²) in [5, 5.41) is 2.93. The highest BCUT2D eigenvalue weighted by Gasteiger charge is 2.14. The third kappa shape index (κ3) is 3.57. The number of aromatic nitrogens is 4. The molecular formula is C21H17F2N5O2. The van der Waals surface area contributed by atoms with Crippen LogP contribution in [0.25, 0.3) is 16.7 Å². The van der Waals surface area contributed by atoms with Crippen LogP contribution in [-0.4, -0.2) is 19.5 Å². The van der Waals surface area contributed by atoms with Crippen LogP contribution < -0.4 is 16.6 Å². The molecular weight excluding hydrogens is 392 g/mol. The zero-order chi connectivity index (χ0) is 21.4. The lowest BCUT2D eigenvalue weighted by molar-refractivity contribution is 0.574. The molecule has 30 heavy (non-hydrogen) atoms. The van der Waals surface area contributed by atoms with E-state index in [1.807, 2.05) is 26.0 Å². The molecule has 0 saturated heterocycles. The molecule has 0 fully saturated rings. The molecule has 2 aromatic carbocycles. The first kappa shape index (κ1) is 19.4. The molecule has 2 heterocycles. The van der Waals surface area contributed by atoms with Crippen molar-refractivity contribution in [3.63, 3.8) is 0 Å². The summed E-state index contributed by atoms with van der Waals surface area (Å²) >= 11 is 0. The maximum absolute atomic E-state index is 13.8. The van der Waals surface area contributed by atoms with E-state index in [0.29, 0.717) is 5.69 Å². The molecule has 0 spiro atoms. The Kier molecular flexibility index (Phi) is 4.86. The molecule has 9 heteroatoms. The molecule has 0 saturated carbocycles. The molecule has 0 aliphatic carbocycles. The number of rotatable bonds is 4. The van der Waals surface area contributed by atoms with Crippen molar-refractivity contribution in [3.8, 4) is 5.69 Å². The number of fused-ring (bicyclic) bond motifs is 1. The first-order valence-electron chi connectivity index (χ1n) is 9.11. The van der Waals surface area contributed by atoms with Gasteiger partial charge in [-0.15, -0.1) is 0 Å². The number of aryl methyl sites for hydroxylation is 2. The molecule has 2 aromatic heterocycles. The van der Waals surface area contributed by atoms with Crippen LogP contribution in [0.2, 0.25) is 0 Å². The molecule has 0 unspecified atom stereocenters. The number of H-pyrrole nitrogens is 1. The van der Waals surface area contributed by atoms with Crippen molar-refractivity contribution in [3.05, 3.63) is 91.8 Å². The van der Waals surface area contributed by atoms with Crippen molar-refractivity contribution in [2.45, 2.75) is 20.4 Å². The topological polar surface area (TPSA) is 92.7 Å². The predicted octanol–water partition coefficient (Wildman–Crippen LogP) is 2.98. The summed E-state index contributed by atoms with van der Waals surface area (Å²) in [6, 6.07) is 8.64. The van der Waals surface area contributed by atoms with E-state index in [-0.39, 0.29) is 29.1 Å². The fourth-order valence-corrected chi connectivity index (χ4v) is 3.20. The van der Waals surface area contributed by atoms with Gasteiger partial charge >= 0.3 is 5.69 Å². The average Bonchev–Trinajstić information content (AvgIpc) is 2.68. The van der Waals surface area contributed by atoms with Crippen LogP contribution in [0, 0.1) is 25.5 Å². The smallest absolute Gasteiger partial charge is 0.334 e. The Hall–Kier alpha value is -3.88. The highest BCUT2D eigenvalue weighted by molar-refractivity contribution is 5.73. The van der Waals surface area contributed by atoms with Gasteiger partial charge in [0.1, 0.15) is 17.0 Å². The third-order valence-corrected chi connectivity index (χ3v) is 4.70. The first-order chi connectivity index (χ1) is 14.3. The summed E-state index contributed by atoms with van der Waals surface area (Å²) in [4.78, 5) is 36.3. The maximum atomic E-state index is 13.8. The van der Waals surface area contributed by atoms with E-state index in [1.54, 1.807) is 6.07 Å². The van der Waals surface area contributed by atoms with Gasteiger partial charge in [-0.3, -0.25) is 9.78 Å². The van der Waals surface area contributed by atoms with Gasteiger partial charge in [0.25, 0.3) is 5.56 Å². The Morgan fingerprint density at radius 2 is 1.90 bits per heavy atom. The zero-order valence-corrected chi connectivity index (χ0v) is 16.2. The molecule has 2 N–H and O–H groups in total. The van der Waals surface area contributed by atoms with E-state index in [9.17, 15) is 18.4 Å². The van der Waals surface area contributed by atoms with Gasteiger partial charge in [0.15, 0.2) is 5.65 Å². The number of nitrogens with one attached hydrogen (secondary N) is 2. The number of nitrogens with zero attached hydrogens (tertiary/aromatic N) is 3. The van der Waals surface area contributed by atoms with Crippen LogP contribution >= 0.6 is 0 Å². The number of hydrogen-bond acceptors (Lipinski definition) is 5. The third-order valence-electron chi connectivity index (χ3n) is 4.70. The van der Waals surface area contributed by atoms with Crippen molar-refractivity contribution in [2.24, 2.45) is 0 Å². The average molecular weight is 409 g/mol. The maximum Gasteiger partial charge on any atom is 0.334 e. The van der Waals surface area contributed by atoms with Gasteiger partial charge in [-0.2, -0.15) is 4.98 Å². The summed E-state index contributed by atoms with van der Waals surface area (Å²) in [6.45, 7) is 3.74. The number of anilines is 1. The van der Waals surface area contributed by atoms with Crippen molar-refractivity contribution < 1.29 is 8.78 Å². The number of hydrogen-bond donors (Lipinski definition) is 2. The summed E-state index contributed by atoms with van der Waals surface area (Å²) < 4.78 is 27.8. The Morgan fingerprint density at radius 3 is 2.63 bits per heavy atom. The number of aromatic amines is 1. The largest absolute Gasteiger partial charge is 0.350 e. The molecule has 4 rings (SSSR count). The Morgan fingerprint density at radius 1 is 1.10 bits per heavy atom. The molecule has 0 aliphatic rings.